The number of furan rings is 1. The summed E-state index contributed by atoms with van der Waals surface area (Å²) in [5, 5.41) is 12.5. The van der Waals surface area contributed by atoms with E-state index in [1.807, 2.05) is 0 Å². The molecule has 1 fully saturated rings. The lowest BCUT2D eigenvalue weighted by molar-refractivity contribution is -0.141. The van der Waals surface area contributed by atoms with Crippen molar-refractivity contribution in [3.05, 3.63) is 52.5 Å². The molecule has 3 aromatic heterocycles. The topological polar surface area (TPSA) is 107 Å². The van der Waals surface area contributed by atoms with Gasteiger partial charge in [0.1, 0.15) is 5.76 Å². The van der Waals surface area contributed by atoms with E-state index in [1.54, 1.807) is 19.2 Å². The molecule has 0 saturated heterocycles. The van der Waals surface area contributed by atoms with E-state index in [1.165, 1.54) is 17.1 Å². The zero-order valence-electron chi connectivity index (χ0n) is 17.4. The summed E-state index contributed by atoms with van der Waals surface area (Å²) in [6, 6.07) is 3.38. The van der Waals surface area contributed by atoms with Gasteiger partial charge in [0, 0.05) is 25.6 Å². The average molecular weight is 485 g/mol. The van der Waals surface area contributed by atoms with Crippen LogP contribution in [0.5, 0.6) is 0 Å². The second kappa shape index (κ2) is 8.93. The molecule has 1 aliphatic rings. The summed E-state index contributed by atoms with van der Waals surface area (Å²) in [7, 11) is 1.59. The number of hydrogen-bond acceptors (Lipinski definition) is 5. The van der Waals surface area contributed by atoms with E-state index in [0.717, 1.165) is 17.5 Å². The predicted molar refractivity (Wildman–Crippen MR) is 111 cm³/mol. The first kappa shape index (κ1) is 22.9. The van der Waals surface area contributed by atoms with Crippen LogP contribution in [-0.2, 0) is 31.1 Å². The van der Waals surface area contributed by atoms with Gasteiger partial charge in [0.15, 0.2) is 11.4 Å². The highest BCUT2D eigenvalue weighted by Crippen LogP contribution is 2.46. The van der Waals surface area contributed by atoms with Crippen molar-refractivity contribution < 1.29 is 27.2 Å². The average Bonchev–Trinajstić information content (AvgIpc) is 3.15. The fourth-order valence-electron chi connectivity index (χ4n) is 3.38. The van der Waals surface area contributed by atoms with Crippen molar-refractivity contribution in [3.8, 4) is 0 Å². The van der Waals surface area contributed by atoms with Gasteiger partial charge in [-0.15, -0.1) is 0 Å². The molecular formula is C20H20ClF3N6O3. The lowest BCUT2D eigenvalue weighted by Gasteiger charge is -2.08. The Hall–Kier alpha value is -3.28. The second-order valence-electron chi connectivity index (χ2n) is 7.67. The number of amides is 2. The molecular weight excluding hydrogens is 465 g/mol. The van der Waals surface area contributed by atoms with E-state index in [9.17, 15) is 22.8 Å². The van der Waals surface area contributed by atoms with Crippen LogP contribution in [-0.4, -0.2) is 31.4 Å². The van der Waals surface area contributed by atoms with Crippen molar-refractivity contribution in [2.75, 3.05) is 5.32 Å². The highest BCUT2D eigenvalue weighted by molar-refractivity contribution is 6.32. The first-order valence-electron chi connectivity index (χ1n) is 10.1. The van der Waals surface area contributed by atoms with Crippen molar-refractivity contribution in [2.45, 2.75) is 44.4 Å². The van der Waals surface area contributed by atoms with E-state index in [0.29, 0.717) is 11.5 Å². The monoisotopic (exact) mass is 484 g/mol. The number of rotatable bonds is 8. The summed E-state index contributed by atoms with van der Waals surface area (Å²) in [5.41, 5.74) is -0.667. The number of carbonyl (C=O) groups excluding carboxylic acids is 2. The van der Waals surface area contributed by atoms with Crippen LogP contribution in [0.25, 0.3) is 0 Å². The number of halogens is 4. The normalized spacial score (nSPS) is 13.8. The number of nitrogens with zero attached hydrogens (tertiary/aromatic N) is 4. The molecule has 1 aliphatic carbocycles. The minimum Gasteiger partial charge on any atom is -0.467 e. The molecule has 0 bridgehead atoms. The van der Waals surface area contributed by atoms with Crippen molar-refractivity contribution >= 4 is 29.1 Å². The summed E-state index contributed by atoms with van der Waals surface area (Å²) in [6.07, 6.45) is -0.462. The minimum absolute atomic E-state index is 0.00225. The maximum Gasteiger partial charge on any atom is 0.436 e. The van der Waals surface area contributed by atoms with Gasteiger partial charge in [-0.3, -0.25) is 19.0 Å². The Balaban J connectivity index is 1.41. The number of hydrogen-bond donors (Lipinski definition) is 2. The molecule has 0 spiro atoms. The van der Waals surface area contributed by atoms with Gasteiger partial charge in [-0.1, -0.05) is 11.6 Å². The summed E-state index contributed by atoms with van der Waals surface area (Å²) < 4.78 is 47.3. The van der Waals surface area contributed by atoms with Gasteiger partial charge in [0.2, 0.25) is 5.91 Å². The Morgan fingerprint density at radius 1 is 1.30 bits per heavy atom. The predicted octanol–water partition coefficient (Wildman–Crippen LogP) is 3.72. The zero-order valence-corrected chi connectivity index (χ0v) is 18.2. The van der Waals surface area contributed by atoms with Crippen LogP contribution in [0.3, 0.4) is 0 Å². The largest absolute Gasteiger partial charge is 0.467 e. The number of aromatic nitrogens is 4. The van der Waals surface area contributed by atoms with E-state index in [-0.39, 0.29) is 36.8 Å². The number of anilines is 1. The third kappa shape index (κ3) is 5.21. The molecule has 0 aliphatic heterocycles. The van der Waals surface area contributed by atoms with E-state index >= 15 is 0 Å². The number of aryl methyl sites for hydroxylation is 2. The SMILES string of the molecule is Cn1cc(NC(=O)CCn2nc(C(F)(F)F)c(Cl)c2C2CC2)c(C(=O)NCc2ccco2)n1. The van der Waals surface area contributed by atoms with E-state index in [2.05, 4.69) is 20.8 Å². The maximum atomic E-state index is 13.2. The lowest BCUT2D eigenvalue weighted by Crippen LogP contribution is -2.25. The van der Waals surface area contributed by atoms with Crippen LogP contribution >= 0.6 is 11.6 Å². The van der Waals surface area contributed by atoms with Crippen molar-refractivity contribution in [1.82, 2.24) is 24.9 Å². The Morgan fingerprint density at radius 2 is 2.06 bits per heavy atom. The van der Waals surface area contributed by atoms with Crippen LogP contribution in [0.1, 0.15) is 52.8 Å². The molecule has 0 unspecified atom stereocenters. The van der Waals surface area contributed by atoms with Crippen molar-refractivity contribution in [3.63, 3.8) is 0 Å². The van der Waals surface area contributed by atoms with Crippen molar-refractivity contribution in [2.24, 2.45) is 7.05 Å². The Kier molecular flexibility index (Phi) is 6.19. The maximum absolute atomic E-state index is 13.2. The van der Waals surface area contributed by atoms with Crippen LogP contribution in [0.4, 0.5) is 18.9 Å². The summed E-state index contributed by atoms with van der Waals surface area (Å²) in [6.45, 7) is 0.0507. The molecule has 0 atom stereocenters. The number of carbonyl (C=O) groups is 2. The zero-order chi connectivity index (χ0) is 23.8. The quantitative estimate of drug-likeness (QED) is 0.507. The van der Waals surface area contributed by atoms with Crippen molar-refractivity contribution in [1.29, 1.82) is 0 Å². The Labute approximate surface area is 190 Å². The minimum atomic E-state index is -4.68. The summed E-state index contributed by atoms with van der Waals surface area (Å²) in [5.74, 6) is -0.573. The molecule has 3 aromatic rings. The number of nitrogens with one attached hydrogen (secondary N) is 2. The van der Waals surface area contributed by atoms with E-state index < -0.39 is 28.7 Å². The molecule has 2 N–H and O–H groups in total. The van der Waals surface area contributed by atoms with Gasteiger partial charge in [0.05, 0.1) is 35.8 Å². The Morgan fingerprint density at radius 3 is 2.70 bits per heavy atom. The fourth-order valence-corrected chi connectivity index (χ4v) is 3.78. The van der Waals surface area contributed by atoms with Gasteiger partial charge in [-0.2, -0.15) is 23.4 Å². The molecule has 4 rings (SSSR count). The van der Waals surface area contributed by atoms with Gasteiger partial charge in [-0.05, 0) is 25.0 Å². The fraction of sp³-hybridized carbons (Fsp3) is 0.400. The highest BCUT2D eigenvalue weighted by atomic mass is 35.5. The van der Waals surface area contributed by atoms with Crippen LogP contribution in [0.2, 0.25) is 5.02 Å². The third-order valence-corrected chi connectivity index (χ3v) is 5.41. The number of alkyl halides is 3. The standard InChI is InChI=1S/C20H20ClF3N6O3/c1-29-10-13(16(27-29)19(32)25-9-12-3-2-8-33-12)26-14(31)6-7-30-17(11-4-5-11)15(21)18(28-30)20(22,23)24/h2-3,8,10-11H,4-7,9H2,1H3,(H,25,32)(H,26,31). The summed E-state index contributed by atoms with van der Waals surface area (Å²) >= 11 is 5.95. The molecule has 0 aromatic carbocycles. The molecule has 1 saturated carbocycles. The van der Waals surface area contributed by atoms with Gasteiger partial charge in [0.25, 0.3) is 5.91 Å². The summed E-state index contributed by atoms with van der Waals surface area (Å²) in [4.78, 5) is 25.0. The molecule has 13 heteroatoms. The second-order valence-corrected chi connectivity index (χ2v) is 8.05. The van der Waals surface area contributed by atoms with Crippen LogP contribution in [0, 0.1) is 0 Å². The van der Waals surface area contributed by atoms with Crippen LogP contribution in [0.15, 0.2) is 29.0 Å². The molecule has 3 heterocycles. The van der Waals surface area contributed by atoms with Gasteiger partial charge < -0.3 is 15.1 Å². The molecule has 0 radical (unpaired) electrons. The molecule has 2 amide bonds. The first-order chi connectivity index (χ1) is 15.6. The smallest absolute Gasteiger partial charge is 0.436 e. The van der Waals surface area contributed by atoms with Gasteiger partial charge >= 0.3 is 6.18 Å². The first-order valence-corrected chi connectivity index (χ1v) is 10.5. The van der Waals surface area contributed by atoms with Gasteiger partial charge in [-0.25, -0.2) is 0 Å². The van der Waals surface area contributed by atoms with E-state index in [4.69, 9.17) is 16.0 Å². The lowest BCUT2D eigenvalue weighted by atomic mass is 10.2. The molecule has 176 valence electrons. The molecule has 9 nitrogen and oxygen atoms in total. The third-order valence-electron chi connectivity index (χ3n) is 5.04. The highest BCUT2D eigenvalue weighted by Gasteiger charge is 2.42. The van der Waals surface area contributed by atoms with Crippen LogP contribution < -0.4 is 10.6 Å². The molecule has 33 heavy (non-hydrogen) atoms. The Bertz CT molecular complexity index is 1160.